The number of hydrogen-bond donors (Lipinski definition) is 1. The predicted molar refractivity (Wildman–Crippen MR) is 96.5 cm³/mol. The van der Waals surface area contributed by atoms with Gasteiger partial charge in [-0.05, 0) is 46.0 Å². The summed E-state index contributed by atoms with van der Waals surface area (Å²) in [6.07, 6.45) is 3.33. The van der Waals surface area contributed by atoms with Gasteiger partial charge >= 0.3 is 0 Å². The maximum Gasteiger partial charge on any atom is 0.270 e. The molecular weight excluding hydrogens is 384 g/mol. The van der Waals surface area contributed by atoms with Crippen molar-refractivity contribution in [1.82, 2.24) is 19.9 Å². The van der Waals surface area contributed by atoms with Crippen LogP contribution in [0, 0.1) is 0 Å². The Morgan fingerprint density at radius 1 is 1.32 bits per heavy atom. The van der Waals surface area contributed by atoms with Gasteiger partial charge in [0.15, 0.2) is 5.65 Å². The van der Waals surface area contributed by atoms with Gasteiger partial charge in [0.25, 0.3) is 5.91 Å². The minimum atomic E-state index is -0.149. The van der Waals surface area contributed by atoms with Crippen molar-refractivity contribution in [2.75, 3.05) is 7.11 Å². The van der Waals surface area contributed by atoms with Crippen LogP contribution in [0.15, 0.2) is 41.0 Å². The maximum atomic E-state index is 12.8. The number of hydrogen-bond acceptors (Lipinski definition) is 4. The van der Waals surface area contributed by atoms with Crippen LogP contribution in [-0.4, -0.2) is 33.7 Å². The van der Waals surface area contributed by atoms with Crippen LogP contribution < -0.4 is 5.32 Å². The van der Waals surface area contributed by atoms with Crippen LogP contribution in [0.4, 0.5) is 0 Å². The van der Waals surface area contributed by atoms with E-state index in [1.54, 1.807) is 23.9 Å². The number of carbonyl (C=O) groups is 1. The molecule has 2 heterocycles. The van der Waals surface area contributed by atoms with Crippen molar-refractivity contribution in [2.24, 2.45) is 0 Å². The number of carbonyl (C=O) groups excluding carboxylic acids is 1. The number of fused-ring (bicyclic) bond motifs is 2. The smallest absolute Gasteiger partial charge is 0.270 e. The Bertz CT molecular complexity index is 928. The highest BCUT2D eigenvalue weighted by Gasteiger charge is 2.24. The fourth-order valence-corrected chi connectivity index (χ4v) is 3.75. The van der Waals surface area contributed by atoms with Gasteiger partial charge in [-0.1, -0.05) is 24.3 Å². The molecule has 0 bridgehead atoms. The first-order valence-corrected chi connectivity index (χ1v) is 8.85. The Morgan fingerprint density at radius 2 is 2.04 bits per heavy atom. The molecule has 1 amide bonds. The van der Waals surface area contributed by atoms with Crippen molar-refractivity contribution in [1.29, 1.82) is 0 Å². The minimum absolute atomic E-state index is 0.102. The van der Waals surface area contributed by atoms with Gasteiger partial charge in [-0.3, -0.25) is 4.79 Å². The summed E-state index contributed by atoms with van der Waals surface area (Å²) in [5.74, 6) is -0.149. The fourth-order valence-electron chi connectivity index (χ4n) is 3.28. The van der Waals surface area contributed by atoms with Crippen molar-refractivity contribution in [2.45, 2.75) is 25.5 Å². The normalized spacial score (nSPS) is 14.0. The number of ether oxygens (including phenoxy) is 1. The fraction of sp³-hybridized carbons (Fsp3) is 0.278. The van der Waals surface area contributed by atoms with E-state index in [0.717, 1.165) is 17.3 Å². The molecule has 0 saturated heterocycles. The molecule has 2 aromatic heterocycles. The highest BCUT2D eigenvalue weighted by molar-refractivity contribution is 9.10. The van der Waals surface area contributed by atoms with Gasteiger partial charge in [0.1, 0.15) is 11.4 Å². The molecule has 7 heteroatoms. The first kappa shape index (κ1) is 16.2. The van der Waals surface area contributed by atoms with Crippen LogP contribution in [-0.2, 0) is 24.2 Å². The molecule has 4 rings (SSSR count). The third kappa shape index (κ3) is 2.94. The van der Waals surface area contributed by atoms with Crippen LogP contribution in [0.1, 0.15) is 27.3 Å². The van der Waals surface area contributed by atoms with Gasteiger partial charge in [0.05, 0.1) is 11.1 Å². The molecule has 0 aliphatic heterocycles. The van der Waals surface area contributed by atoms with Crippen molar-refractivity contribution in [3.8, 4) is 0 Å². The quantitative estimate of drug-likeness (QED) is 0.730. The Labute approximate surface area is 153 Å². The summed E-state index contributed by atoms with van der Waals surface area (Å²) in [7, 11) is 1.61. The molecule has 6 nitrogen and oxygen atoms in total. The summed E-state index contributed by atoms with van der Waals surface area (Å²) in [6.45, 7) is 0.350. The number of methoxy groups -OCH3 is 1. The molecule has 0 atom stereocenters. The summed E-state index contributed by atoms with van der Waals surface area (Å²) in [4.78, 5) is 17.1. The van der Waals surface area contributed by atoms with E-state index in [1.165, 1.54) is 11.1 Å². The lowest BCUT2D eigenvalue weighted by Gasteiger charge is -2.12. The SMILES string of the molecule is COCc1nn2c(C(=O)NC3Cc4ccccc4C3)ccnc2c1Br. The Kier molecular flexibility index (Phi) is 4.27. The molecule has 1 aliphatic rings. The molecule has 1 aliphatic carbocycles. The monoisotopic (exact) mass is 400 g/mol. The highest BCUT2D eigenvalue weighted by atomic mass is 79.9. The average molecular weight is 401 g/mol. The maximum absolute atomic E-state index is 12.8. The summed E-state index contributed by atoms with van der Waals surface area (Å²) >= 11 is 3.49. The molecule has 25 heavy (non-hydrogen) atoms. The number of nitrogens with one attached hydrogen (secondary N) is 1. The summed E-state index contributed by atoms with van der Waals surface area (Å²) in [5.41, 5.74) is 4.38. The van der Waals surface area contributed by atoms with E-state index in [2.05, 4.69) is 43.5 Å². The number of benzene rings is 1. The van der Waals surface area contributed by atoms with Crippen LogP contribution in [0.25, 0.3) is 5.65 Å². The van der Waals surface area contributed by atoms with Crippen molar-refractivity contribution in [3.63, 3.8) is 0 Å². The molecule has 3 aromatic rings. The lowest BCUT2D eigenvalue weighted by atomic mass is 10.1. The summed E-state index contributed by atoms with van der Waals surface area (Å²) in [6, 6.07) is 10.1. The lowest BCUT2D eigenvalue weighted by molar-refractivity contribution is 0.0930. The van der Waals surface area contributed by atoms with Gasteiger partial charge in [0.2, 0.25) is 0 Å². The molecule has 0 spiro atoms. The predicted octanol–water partition coefficient (Wildman–Crippen LogP) is 2.54. The summed E-state index contributed by atoms with van der Waals surface area (Å²) in [5, 5.41) is 7.58. The second kappa shape index (κ2) is 6.57. The largest absolute Gasteiger partial charge is 0.378 e. The standard InChI is InChI=1S/C18H17BrN4O2/c1-25-10-14-16(19)17-20-7-6-15(23(17)22-14)18(24)21-13-8-11-4-2-3-5-12(11)9-13/h2-7,13H,8-10H2,1H3,(H,21,24). The highest BCUT2D eigenvalue weighted by Crippen LogP contribution is 2.24. The molecule has 0 unspecified atom stereocenters. The third-order valence-electron chi connectivity index (χ3n) is 4.43. The number of rotatable bonds is 4. The minimum Gasteiger partial charge on any atom is -0.378 e. The van der Waals surface area contributed by atoms with Crippen molar-refractivity contribution in [3.05, 3.63) is 63.5 Å². The third-order valence-corrected chi connectivity index (χ3v) is 5.24. The first-order chi connectivity index (χ1) is 12.2. The van der Waals surface area contributed by atoms with E-state index in [4.69, 9.17) is 4.74 Å². The van der Waals surface area contributed by atoms with Gasteiger partial charge in [-0.15, -0.1) is 0 Å². The molecule has 1 N–H and O–H groups in total. The molecule has 0 radical (unpaired) electrons. The molecule has 0 fully saturated rings. The van der Waals surface area contributed by atoms with E-state index < -0.39 is 0 Å². The van der Waals surface area contributed by atoms with Crippen LogP contribution in [0.3, 0.4) is 0 Å². The van der Waals surface area contributed by atoms with E-state index >= 15 is 0 Å². The topological polar surface area (TPSA) is 68.5 Å². The van der Waals surface area contributed by atoms with E-state index in [-0.39, 0.29) is 11.9 Å². The average Bonchev–Trinajstić information content (AvgIpc) is 3.16. The lowest BCUT2D eigenvalue weighted by Crippen LogP contribution is -2.36. The Hall–Kier alpha value is -2.25. The van der Waals surface area contributed by atoms with Crippen LogP contribution in [0.2, 0.25) is 0 Å². The van der Waals surface area contributed by atoms with Crippen molar-refractivity contribution >= 4 is 27.5 Å². The van der Waals surface area contributed by atoms with E-state index in [9.17, 15) is 4.79 Å². The number of aromatic nitrogens is 3. The second-order valence-electron chi connectivity index (χ2n) is 6.11. The number of nitrogens with zero attached hydrogens (tertiary/aromatic N) is 3. The zero-order valence-corrected chi connectivity index (χ0v) is 15.3. The Morgan fingerprint density at radius 3 is 2.72 bits per heavy atom. The number of amides is 1. The zero-order valence-electron chi connectivity index (χ0n) is 13.7. The van der Waals surface area contributed by atoms with Gasteiger partial charge in [0, 0.05) is 19.3 Å². The van der Waals surface area contributed by atoms with Gasteiger partial charge in [-0.25, -0.2) is 9.50 Å². The first-order valence-electron chi connectivity index (χ1n) is 8.06. The zero-order chi connectivity index (χ0) is 17.4. The molecule has 128 valence electrons. The molecule has 0 saturated carbocycles. The van der Waals surface area contributed by atoms with E-state index in [0.29, 0.717) is 23.6 Å². The number of halogens is 1. The van der Waals surface area contributed by atoms with Crippen LogP contribution >= 0.6 is 15.9 Å². The Balaban J connectivity index is 1.60. The van der Waals surface area contributed by atoms with Crippen LogP contribution in [0.5, 0.6) is 0 Å². The van der Waals surface area contributed by atoms with Crippen molar-refractivity contribution < 1.29 is 9.53 Å². The van der Waals surface area contributed by atoms with E-state index in [1.807, 2.05) is 12.1 Å². The van der Waals surface area contributed by atoms with Gasteiger partial charge < -0.3 is 10.1 Å². The second-order valence-corrected chi connectivity index (χ2v) is 6.90. The molecular formula is C18H17BrN4O2. The molecule has 1 aromatic carbocycles. The van der Waals surface area contributed by atoms with Gasteiger partial charge in [-0.2, -0.15) is 5.10 Å². The summed E-state index contributed by atoms with van der Waals surface area (Å²) < 4.78 is 7.46.